The maximum absolute atomic E-state index is 12.8. The van der Waals surface area contributed by atoms with Crippen LogP contribution < -0.4 is 4.74 Å². The summed E-state index contributed by atoms with van der Waals surface area (Å²) in [6, 6.07) is 9.55. The van der Waals surface area contributed by atoms with Crippen LogP contribution in [0, 0.1) is 17.4 Å². The Morgan fingerprint density at radius 3 is 2.55 bits per heavy atom. The van der Waals surface area contributed by atoms with Gasteiger partial charge in [0, 0.05) is 13.6 Å². The number of aryl methyl sites for hydroxylation is 1. The van der Waals surface area contributed by atoms with Gasteiger partial charge in [0.05, 0.1) is 12.7 Å². The summed E-state index contributed by atoms with van der Waals surface area (Å²) in [5.74, 6) is 0.636. The molecule has 2 rings (SSSR count). The zero-order valence-corrected chi connectivity index (χ0v) is 15.2. The fourth-order valence-electron chi connectivity index (χ4n) is 2.16. The normalized spacial score (nSPS) is 10.4. The molecule has 0 bridgehead atoms. The minimum absolute atomic E-state index is 0.0118. The van der Waals surface area contributed by atoms with Crippen molar-refractivity contribution in [2.24, 2.45) is 0 Å². The molecule has 0 atom stereocenters. The van der Waals surface area contributed by atoms with Crippen LogP contribution in [0.2, 0.25) is 0 Å². The lowest BCUT2D eigenvalue weighted by Crippen LogP contribution is -2.08. The monoisotopic (exact) mass is 444 g/mol. The van der Waals surface area contributed by atoms with Crippen LogP contribution in [-0.2, 0) is 0 Å². The molecule has 0 aliphatic rings. The maximum atomic E-state index is 12.8. The van der Waals surface area contributed by atoms with Gasteiger partial charge in [-0.25, -0.2) is 0 Å². The van der Waals surface area contributed by atoms with Gasteiger partial charge in [-0.1, -0.05) is 28.1 Å². The van der Waals surface area contributed by atoms with Gasteiger partial charge in [-0.15, -0.1) is 0 Å². The van der Waals surface area contributed by atoms with Crippen LogP contribution >= 0.6 is 38.5 Å². The second kappa shape index (κ2) is 6.26. The number of ether oxygens (including phenoxy) is 1. The Hall–Kier alpha value is -0.880. The van der Waals surface area contributed by atoms with Gasteiger partial charge >= 0.3 is 0 Å². The van der Waals surface area contributed by atoms with Crippen LogP contribution in [-0.4, -0.2) is 12.9 Å². The van der Waals surface area contributed by atoms with Gasteiger partial charge in [-0.3, -0.25) is 4.79 Å². The van der Waals surface area contributed by atoms with Gasteiger partial charge in [0.25, 0.3) is 0 Å². The molecule has 4 heteroatoms. The first-order valence-electron chi connectivity index (χ1n) is 6.09. The Morgan fingerprint density at radius 1 is 1.25 bits per heavy atom. The van der Waals surface area contributed by atoms with E-state index in [2.05, 4.69) is 38.5 Å². The predicted molar refractivity (Wildman–Crippen MR) is 92.8 cm³/mol. The van der Waals surface area contributed by atoms with Crippen molar-refractivity contribution in [2.45, 2.75) is 13.8 Å². The van der Waals surface area contributed by atoms with Crippen molar-refractivity contribution in [3.05, 3.63) is 60.6 Å². The van der Waals surface area contributed by atoms with Crippen molar-refractivity contribution in [1.82, 2.24) is 0 Å². The lowest BCUT2D eigenvalue weighted by atomic mass is 9.96. The van der Waals surface area contributed by atoms with Crippen molar-refractivity contribution in [1.29, 1.82) is 0 Å². The zero-order chi connectivity index (χ0) is 14.9. The van der Waals surface area contributed by atoms with Gasteiger partial charge < -0.3 is 4.74 Å². The Labute approximate surface area is 140 Å². The first kappa shape index (κ1) is 15.5. The van der Waals surface area contributed by atoms with Gasteiger partial charge in [0.1, 0.15) is 5.75 Å². The number of benzene rings is 2. The number of rotatable bonds is 3. The van der Waals surface area contributed by atoms with Crippen LogP contribution in [0.25, 0.3) is 0 Å². The molecule has 0 amide bonds. The Balaban J connectivity index is 2.65. The minimum Gasteiger partial charge on any atom is -0.496 e. The summed E-state index contributed by atoms with van der Waals surface area (Å²) in [7, 11) is 1.60. The number of methoxy groups -OCH3 is 1. The molecule has 0 aromatic heterocycles. The second-order valence-corrected chi connectivity index (χ2v) is 6.65. The van der Waals surface area contributed by atoms with Gasteiger partial charge in [-0.05, 0) is 65.8 Å². The zero-order valence-electron chi connectivity index (χ0n) is 11.5. The van der Waals surface area contributed by atoms with Gasteiger partial charge in [0.15, 0.2) is 5.78 Å². The molecule has 0 saturated heterocycles. The van der Waals surface area contributed by atoms with E-state index in [1.165, 1.54) is 0 Å². The molecule has 0 saturated carbocycles. The first-order chi connectivity index (χ1) is 9.45. The molecule has 0 heterocycles. The second-order valence-electron chi connectivity index (χ2n) is 4.55. The number of halogens is 2. The molecule has 0 spiro atoms. The number of carbonyl (C=O) groups is 1. The van der Waals surface area contributed by atoms with Crippen LogP contribution in [0.15, 0.2) is 34.8 Å². The van der Waals surface area contributed by atoms with E-state index in [4.69, 9.17) is 4.74 Å². The van der Waals surface area contributed by atoms with Crippen molar-refractivity contribution < 1.29 is 9.53 Å². The summed E-state index contributed by atoms with van der Waals surface area (Å²) in [5, 5.41) is 0. The minimum atomic E-state index is -0.0118. The lowest BCUT2D eigenvalue weighted by molar-refractivity contribution is 0.103. The fraction of sp³-hybridized carbons (Fsp3) is 0.188. The highest BCUT2D eigenvalue weighted by Gasteiger charge is 2.21. The van der Waals surface area contributed by atoms with Crippen molar-refractivity contribution >= 4 is 44.3 Å². The Bertz CT molecular complexity index is 680. The predicted octanol–water partition coefficient (Wildman–Crippen LogP) is 4.91. The summed E-state index contributed by atoms with van der Waals surface area (Å²) < 4.78 is 7.40. The summed E-state index contributed by atoms with van der Waals surface area (Å²) in [6.07, 6.45) is 0. The Morgan fingerprint density at radius 2 is 1.95 bits per heavy atom. The van der Waals surface area contributed by atoms with Crippen LogP contribution in [0.3, 0.4) is 0 Å². The molecule has 0 aliphatic carbocycles. The molecule has 0 N–H and O–H groups in total. The number of hydrogen-bond acceptors (Lipinski definition) is 2. The quantitative estimate of drug-likeness (QED) is 0.496. The van der Waals surface area contributed by atoms with Gasteiger partial charge in [-0.2, -0.15) is 0 Å². The first-order valence-corrected chi connectivity index (χ1v) is 7.96. The van der Waals surface area contributed by atoms with Crippen LogP contribution in [0.5, 0.6) is 5.75 Å². The standard InChI is InChI=1S/C16H14BrIO2/c1-9-7-13(17)10(2)14(16(9)20-3)15(19)11-5-4-6-12(18)8-11/h4-8H,1-3H3. The topological polar surface area (TPSA) is 26.3 Å². The number of ketones is 1. The van der Waals surface area contributed by atoms with E-state index in [1.54, 1.807) is 7.11 Å². The van der Waals surface area contributed by atoms with E-state index in [0.717, 1.165) is 19.2 Å². The van der Waals surface area contributed by atoms with E-state index in [0.29, 0.717) is 16.9 Å². The number of carbonyl (C=O) groups excluding carboxylic acids is 1. The lowest BCUT2D eigenvalue weighted by Gasteiger charge is -2.15. The summed E-state index contributed by atoms with van der Waals surface area (Å²) in [4.78, 5) is 12.8. The van der Waals surface area contributed by atoms with Gasteiger partial charge in [0.2, 0.25) is 0 Å². The third-order valence-corrected chi connectivity index (χ3v) is 4.67. The molecule has 20 heavy (non-hydrogen) atoms. The third kappa shape index (κ3) is 2.91. The highest BCUT2D eigenvalue weighted by atomic mass is 127. The van der Waals surface area contributed by atoms with Crippen LogP contribution in [0.1, 0.15) is 27.0 Å². The summed E-state index contributed by atoms with van der Waals surface area (Å²) in [6.45, 7) is 3.86. The smallest absolute Gasteiger partial charge is 0.197 e. The molecular formula is C16H14BrIO2. The van der Waals surface area contributed by atoms with E-state index in [-0.39, 0.29) is 5.78 Å². The van der Waals surface area contributed by atoms with E-state index in [1.807, 2.05) is 44.2 Å². The molecule has 0 unspecified atom stereocenters. The average Bonchev–Trinajstić information content (AvgIpc) is 2.41. The molecule has 0 aliphatic heterocycles. The molecule has 2 aromatic carbocycles. The summed E-state index contributed by atoms with van der Waals surface area (Å²) >= 11 is 5.71. The van der Waals surface area contributed by atoms with Crippen molar-refractivity contribution in [3.63, 3.8) is 0 Å². The van der Waals surface area contributed by atoms with Crippen molar-refractivity contribution in [3.8, 4) is 5.75 Å². The largest absolute Gasteiger partial charge is 0.496 e. The maximum Gasteiger partial charge on any atom is 0.197 e. The van der Waals surface area contributed by atoms with E-state index in [9.17, 15) is 4.79 Å². The van der Waals surface area contributed by atoms with Crippen molar-refractivity contribution in [2.75, 3.05) is 7.11 Å². The van der Waals surface area contributed by atoms with E-state index >= 15 is 0 Å². The average molecular weight is 445 g/mol. The molecule has 0 radical (unpaired) electrons. The number of hydrogen-bond donors (Lipinski definition) is 0. The van der Waals surface area contributed by atoms with Crippen LogP contribution in [0.4, 0.5) is 0 Å². The Kier molecular flexibility index (Phi) is 4.86. The third-order valence-electron chi connectivity index (χ3n) is 3.18. The highest BCUT2D eigenvalue weighted by molar-refractivity contribution is 14.1. The molecule has 0 fully saturated rings. The fourth-order valence-corrected chi connectivity index (χ4v) is 3.25. The molecular weight excluding hydrogens is 431 g/mol. The SMILES string of the molecule is COc1c(C)cc(Br)c(C)c1C(=O)c1cccc(I)c1. The molecule has 2 aromatic rings. The molecule has 2 nitrogen and oxygen atoms in total. The summed E-state index contributed by atoms with van der Waals surface area (Å²) in [5.41, 5.74) is 3.15. The highest BCUT2D eigenvalue weighted by Crippen LogP contribution is 2.34. The van der Waals surface area contributed by atoms with E-state index < -0.39 is 0 Å². The molecule has 104 valence electrons.